The van der Waals surface area contributed by atoms with Crippen molar-refractivity contribution in [2.45, 2.75) is 13.3 Å². The molecule has 0 heterocycles. The van der Waals surface area contributed by atoms with E-state index in [4.69, 9.17) is 4.74 Å². The van der Waals surface area contributed by atoms with Crippen LogP contribution in [-0.2, 0) is 0 Å². The highest BCUT2D eigenvalue weighted by molar-refractivity contribution is 6.05. The van der Waals surface area contributed by atoms with Crippen LogP contribution in [0.3, 0.4) is 0 Å². The number of methoxy groups -OCH3 is 1. The van der Waals surface area contributed by atoms with Gasteiger partial charge in [-0.25, -0.2) is 0 Å². The molecule has 25 heavy (non-hydrogen) atoms. The molecule has 0 aliphatic carbocycles. The Hall–Kier alpha value is -3.07. The Labute approximate surface area is 147 Å². The molecule has 0 bridgehead atoms. The van der Waals surface area contributed by atoms with Crippen molar-refractivity contribution in [2.24, 2.45) is 0 Å². The van der Waals surface area contributed by atoms with Crippen molar-refractivity contribution in [1.29, 1.82) is 0 Å². The third kappa shape index (κ3) is 4.07. The van der Waals surface area contributed by atoms with Gasteiger partial charge in [-0.05, 0) is 53.6 Å². The molecule has 0 saturated carbocycles. The fraction of sp³-hybridized carbons (Fsp3) is 0.136. The highest BCUT2D eigenvalue weighted by atomic mass is 16.5. The van der Waals surface area contributed by atoms with E-state index in [2.05, 4.69) is 29.6 Å². The van der Waals surface area contributed by atoms with E-state index in [-0.39, 0.29) is 5.78 Å². The average Bonchev–Trinajstić information content (AvgIpc) is 2.67. The first-order valence-corrected chi connectivity index (χ1v) is 8.34. The van der Waals surface area contributed by atoms with E-state index in [1.165, 1.54) is 10.8 Å². The summed E-state index contributed by atoms with van der Waals surface area (Å²) in [7, 11) is 1.61. The van der Waals surface area contributed by atoms with Crippen LogP contribution in [0.4, 0.5) is 5.69 Å². The number of rotatable bonds is 6. The van der Waals surface area contributed by atoms with Gasteiger partial charge < -0.3 is 10.1 Å². The molecule has 0 radical (unpaired) electrons. The molecule has 3 heteroatoms. The van der Waals surface area contributed by atoms with Gasteiger partial charge in [0.2, 0.25) is 0 Å². The molecular formula is C22H21NO2. The molecular weight excluding hydrogens is 310 g/mol. The van der Waals surface area contributed by atoms with Crippen LogP contribution in [-0.4, -0.2) is 12.9 Å². The molecule has 3 rings (SSSR count). The van der Waals surface area contributed by atoms with Gasteiger partial charge in [0, 0.05) is 23.0 Å². The fourth-order valence-corrected chi connectivity index (χ4v) is 2.68. The molecule has 0 atom stereocenters. The third-order valence-corrected chi connectivity index (χ3v) is 4.12. The first-order chi connectivity index (χ1) is 12.2. The number of benzene rings is 3. The minimum Gasteiger partial charge on any atom is -0.497 e. The Bertz CT molecular complexity index is 911. The van der Waals surface area contributed by atoms with Crippen molar-refractivity contribution in [3.05, 3.63) is 84.1 Å². The summed E-state index contributed by atoms with van der Waals surface area (Å²) >= 11 is 0. The summed E-state index contributed by atoms with van der Waals surface area (Å²) in [5, 5.41) is 5.73. The number of allylic oxidation sites excluding steroid dienone is 2. The SMILES string of the molecule is CC/C(=C\C(=O)c1ccc(OC)cc1)Nc1ccc2ccccc2c1. The number of carbonyl (C=O) groups is 1. The monoisotopic (exact) mass is 331 g/mol. The topological polar surface area (TPSA) is 38.3 Å². The van der Waals surface area contributed by atoms with Crippen LogP contribution in [0.15, 0.2) is 78.5 Å². The number of fused-ring (bicyclic) bond motifs is 1. The second kappa shape index (κ2) is 7.67. The van der Waals surface area contributed by atoms with E-state index in [1.54, 1.807) is 37.5 Å². The highest BCUT2D eigenvalue weighted by Crippen LogP contribution is 2.21. The predicted molar refractivity (Wildman–Crippen MR) is 103 cm³/mol. The van der Waals surface area contributed by atoms with E-state index in [0.717, 1.165) is 23.6 Å². The normalized spacial score (nSPS) is 11.4. The number of carbonyl (C=O) groups excluding carboxylic acids is 1. The number of nitrogens with one attached hydrogen (secondary N) is 1. The van der Waals surface area contributed by atoms with Crippen LogP contribution >= 0.6 is 0 Å². The van der Waals surface area contributed by atoms with Crippen molar-refractivity contribution < 1.29 is 9.53 Å². The zero-order valence-corrected chi connectivity index (χ0v) is 14.5. The number of ketones is 1. The van der Waals surface area contributed by atoms with Crippen molar-refractivity contribution in [2.75, 3.05) is 12.4 Å². The Balaban J connectivity index is 1.79. The van der Waals surface area contributed by atoms with Crippen LogP contribution in [0.2, 0.25) is 0 Å². The summed E-state index contributed by atoms with van der Waals surface area (Å²) in [6.07, 6.45) is 2.41. The molecule has 3 nitrogen and oxygen atoms in total. The van der Waals surface area contributed by atoms with Gasteiger partial charge in [0.25, 0.3) is 0 Å². The largest absolute Gasteiger partial charge is 0.497 e. The fourth-order valence-electron chi connectivity index (χ4n) is 2.68. The first-order valence-electron chi connectivity index (χ1n) is 8.34. The molecule has 3 aromatic carbocycles. The van der Waals surface area contributed by atoms with Crippen molar-refractivity contribution in [1.82, 2.24) is 0 Å². The van der Waals surface area contributed by atoms with Crippen molar-refractivity contribution in [3.63, 3.8) is 0 Å². The van der Waals surface area contributed by atoms with Gasteiger partial charge in [-0.1, -0.05) is 37.3 Å². The molecule has 0 aliphatic rings. The van der Waals surface area contributed by atoms with E-state index in [0.29, 0.717) is 5.56 Å². The Kier molecular flexibility index (Phi) is 5.14. The second-order valence-corrected chi connectivity index (χ2v) is 5.80. The maximum Gasteiger partial charge on any atom is 0.187 e. The zero-order chi connectivity index (χ0) is 17.6. The molecule has 0 spiro atoms. The van der Waals surface area contributed by atoms with Crippen LogP contribution in [0.5, 0.6) is 5.75 Å². The predicted octanol–water partition coefficient (Wildman–Crippen LogP) is 5.44. The number of hydrogen-bond acceptors (Lipinski definition) is 3. The van der Waals surface area contributed by atoms with Gasteiger partial charge in [0.05, 0.1) is 7.11 Å². The molecule has 0 aromatic heterocycles. The van der Waals surface area contributed by atoms with Gasteiger partial charge >= 0.3 is 0 Å². The van der Waals surface area contributed by atoms with Crippen molar-refractivity contribution in [3.8, 4) is 5.75 Å². The lowest BCUT2D eigenvalue weighted by Crippen LogP contribution is -2.03. The summed E-state index contributed by atoms with van der Waals surface area (Å²) in [4.78, 5) is 12.5. The average molecular weight is 331 g/mol. The molecule has 0 aliphatic heterocycles. The molecule has 126 valence electrons. The third-order valence-electron chi connectivity index (χ3n) is 4.12. The minimum atomic E-state index is -0.0206. The molecule has 3 aromatic rings. The van der Waals surface area contributed by atoms with Crippen LogP contribution in [0, 0.1) is 0 Å². The van der Waals surface area contributed by atoms with Crippen LogP contribution < -0.4 is 10.1 Å². The van der Waals surface area contributed by atoms with E-state index in [9.17, 15) is 4.79 Å². The number of anilines is 1. The first kappa shape index (κ1) is 16.8. The van der Waals surface area contributed by atoms with E-state index >= 15 is 0 Å². The van der Waals surface area contributed by atoms with Crippen LogP contribution in [0.25, 0.3) is 10.8 Å². The number of hydrogen-bond donors (Lipinski definition) is 1. The quantitative estimate of drug-likeness (QED) is 0.483. The van der Waals surface area contributed by atoms with Gasteiger partial charge in [-0.2, -0.15) is 0 Å². The lowest BCUT2D eigenvalue weighted by atomic mass is 10.1. The van der Waals surface area contributed by atoms with Gasteiger partial charge in [0.15, 0.2) is 5.78 Å². The molecule has 0 amide bonds. The Morgan fingerprint density at radius 1 is 1.00 bits per heavy atom. The minimum absolute atomic E-state index is 0.0206. The Morgan fingerprint density at radius 2 is 1.72 bits per heavy atom. The zero-order valence-electron chi connectivity index (χ0n) is 14.5. The van der Waals surface area contributed by atoms with Gasteiger partial charge in [-0.15, -0.1) is 0 Å². The summed E-state index contributed by atoms with van der Waals surface area (Å²) < 4.78 is 5.13. The molecule has 0 saturated heterocycles. The summed E-state index contributed by atoms with van der Waals surface area (Å²) in [5.74, 6) is 0.721. The second-order valence-electron chi connectivity index (χ2n) is 5.80. The summed E-state index contributed by atoms with van der Waals surface area (Å²) in [6, 6.07) is 21.6. The lowest BCUT2D eigenvalue weighted by Gasteiger charge is -2.10. The molecule has 0 fully saturated rings. The smallest absolute Gasteiger partial charge is 0.187 e. The summed E-state index contributed by atoms with van der Waals surface area (Å²) in [5.41, 5.74) is 2.51. The van der Waals surface area contributed by atoms with E-state index < -0.39 is 0 Å². The van der Waals surface area contributed by atoms with Crippen molar-refractivity contribution >= 4 is 22.2 Å². The van der Waals surface area contributed by atoms with Gasteiger partial charge in [0.1, 0.15) is 5.75 Å². The molecule has 1 N–H and O–H groups in total. The number of ether oxygens (including phenoxy) is 1. The Morgan fingerprint density at radius 3 is 2.40 bits per heavy atom. The molecule has 0 unspecified atom stereocenters. The van der Waals surface area contributed by atoms with Crippen LogP contribution in [0.1, 0.15) is 23.7 Å². The standard InChI is InChI=1S/C22H21NO2/c1-3-19(15-22(24)17-9-12-21(25-2)13-10-17)23-20-11-8-16-6-4-5-7-18(16)14-20/h4-15,23H,3H2,1-2H3/b19-15+. The van der Waals surface area contributed by atoms with Gasteiger partial charge in [-0.3, -0.25) is 4.79 Å². The maximum atomic E-state index is 12.5. The summed E-state index contributed by atoms with van der Waals surface area (Å²) in [6.45, 7) is 2.03. The lowest BCUT2D eigenvalue weighted by molar-refractivity contribution is 0.104. The van der Waals surface area contributed by atoms with E-state index in [1.807, 2.05) is 25.1 Å². The maximum absolute atomic E-state index is 12.5. The highest BCUT2D eigenvalue weighted by Gasteiger charge is 2.06.